The lowest BCUT2D eigenvalue weighted by Crippen LogP contribution is -1.88. The normalized spacial score (nSPS) is 10.6. The second-order valence-electron chi connectivity index (χ2n) is 3.93. The minimum atomic E-state index is 0.729. The SMILES string of the molecule is Nc1ccc(CSCc2c(Cl)cccc2Cl)cc1. The van der Waals surface area contributed by atoms with Crippen molar-refractivity contribution in [3.63, 3.8) is 0 Å². The van der Waals surface area contributed by atoms with E-state index in [0.29, 0.717) is 0 Å². The second-order valence-corrected chi connectivity index (χ2v) is 5.73. The average Bonchev–Trinajstić information content (AvgIpc) is 2.35. The maximum absolute atomic E-state index is 6.12. The Bertz CT molecular complexity index is 506. The Morgan fingerprint density at radius 3 is 2.11 bits per heavy atom. The molecule has 0 aliphatic rings. The molecule has 0 unspecified atom stereocenters. The van der Waals surface area contributed by atoms with Crippen molar-refractivity contribution in [2.24, 2.45) is 0 Å². The summed E-state index contributed by atoms with van der Waals surface area (Å²) in [7, 11) is 0. The molecule has 0 aromatic heterocycles. The van der Waals surface area contributed by atoms with Crippen molar-refractivity contribution in [1.82, 2.24) is 0 Å². The Labute approximate surface area is 121 Å². The van der Waals surface area contributed by atoms with Crippen LogP contribution in [0.5, 0.6) is 0 Å². The van der Waals surface area contributed by atoms with Crippen LogP contribution < -0.4 is 5.73 Å². The Morgan fingerprint density at radius 1 is 0.889 bits per heavy atom. The van der Waals surface area contributed by atoms with E-state index in [4.69, 9.17) is 28.9 Å². The first-order valence-electron chi connectivity index (χ1n) is 5.52. The Balaban J connectivity index is 1.94. The number of rotatable bonds is 4. The van der Waals surface area contributed by atoms with Crippen LogP contribution in [0.4, 0.5) is 5.69 Å². The first kappa shape index (κ1) is 13.6. The third-order valence-corrected chi connectivity index (χ3v) is 4.30. The van der Waals surface area contributed by atoms with Gasteiger partial charge in [0, 0.05) is 27.2 Å². The number of halogens is 2. The first-order valence-corrected chi connectivity index (χ1v) is 7.43. The predicted molar refractivity (Wildman–Crippen MR) is 82.3 cm³/mol. The van der Waals surface area contributed by atoms with Gasteiger partial charge in [0.05, 0.1) is 0 Å². The molecule has 0 amide bonds. The average molecular weight is 298 g/mol. The van der Waals surface area contributed by atoms with Gasteiger partial charge in [-0.2, -0.15) is 11.8 Å². The van der Waals surface area contributed by atoms with Crippen molar-refractivity contribution in [2.75, 3.05) is 5.73 Å². The number of benzene rings is 2. The molecule has 0 saturated carbocycles. The molecule has 2 N–H and O–H groups in total. The monoisotopic (exact) mass is 297 g/mol. The first-order chi connectivity index (χ1) is 8.66. The van der Waals surface area contributed by atoms with Gasteiger partial charge in [-0.15, -0.1) is 0 Å². The van der Waals surface area contributed by atoms with Gasteiger partial charge in [0.1, 0.15) is 0 Å². The maximum atomic E-state index is 6.12. The predicted octanol–water partition coefficient (Wildman–Crippen LogP) is 5.01. The lowest BCUT2D eigenvalue weighted by Gasteiger charge is -2.07. The van der Waals surface area contributed by atoms with Gasteiger partial charge in [0.25, 0.3) is 0 Å². The van der Waals surface area contributed by atoms with E-state index in [0.717, 1.165) is 32.8 Å². The molecular weight excluding hydrogens is 285 g/mol. The molecule has 0 aliphatic heterocycles. The number of hydrogen-bond acceptors (Lipinski definition) is 2. The Hall–Kier alpha value is -0.830. The van der Waals surface area contributed by atoms with Crippen molar-refractivity contribution in [2.45, 2.75) is 11.5 Å². The van der Waals surface area contributed by atoms with E-state index < -0.39 is 0 Å². The Kier molecular flexibility index (Phi) is 4.81. The van der Waals surface area contributed by atoms with E-state index in [1.54, 1.807) is 11.8 Å². The second kappa shape index (κ2) is 6.37. The number of nitrogens with two attached hydrogens (primary N) is 1. The minimum absolute atomic E-state index is 0.729. The third kappa shape index (κ3) is 3.58. The van der Waals surface area contributed by atoms with E-state index >= 15 is 0 Å². The third-order valence-electron chi connectivity index (χ3n) is 2.56. The standard InChI is InChI=1S/C14H13Cl2NS/c15-13-2-1-3-14(16)12(13)9-18-8-10-4-6-11(17)7-5-10/h1-7H,8-9,17H2. The zero-order valence-corrected chi connectivity index (χ0v) is 12.0. The highest BCUT2D eigenvalue weighted by Gasteiger charge is 2.05. The number of anilines is 1. The van der Waals surface area contributed by atoms with Crippen LogP contribution in [0.15, 0.2) is 42.5 Å². The van der Waals surface area contributed by atoms with Gasteiger partial charge >= 0.3 is 0 Å². The summed E-state index contributed by atoms with van der Waals surface area (Å²) < 4.78 is 0. The summed E-state index contributed by atoms with van der Waals surface area (Å²) in [5.41, 5.74) is 8.68. The number of nitrogen functional groups attached to an aromatic ring is 1. The van der Waals surface area contributed by atoms with Crippen LogP contribution in [0, 0.1) is 0 Å². The quantitative estimate of drug-likeness (QED) is 0.803. The Morgan fingerprint density at radius 2 is 1.50 bits per heavy atom. The largest absolute Gasteiger partial charge is 0.399 e. The highest BCUT2D eigenvalue weighted by Crippen LogP contribution is 2.29. The summed E-state index contributed by atoms with van der Waals surface area (Å²) in [6.45, 7) is 0. The molecule has 2 aromatic carbocycles. The van der Waals surface area contributed by atoms with Crippen molar-refractivity contribution in [1.29, 1.82) is 0 Å². The van der Waals surface area contributed by atoms with E-state index in [1.165, 1.54) is 5.56 Å². The van der Waals surface area contributed by atoms with Gasteiger partial charge in [-0.25, -0.2) is 0 Å². The summed E-state index contributed by atoms with van der Waals surface area (Å²) in [5.74, 6) is 1.73. The van der Waals surface area contributed by atoms with Crippen LogP contribution in [0.2, 0.25) is 10.0 Å². The van der Waals surface area contributed by atoms with Gasteiger partial charge in [0.15, 0.2) is 0 Å². The van der Waals surface area contributed by atoms with E-state index in [-0.39, 0.29) is 0 Å². The topological polar surface area (TPSA) is 26.0 Å². The zero-order valence-electron chi connectivity index (χ0n) is 9.70. The fourth-order valence-electron chi connectivity index (χ4n) is 1.56. The van der Waals surface area contributed by atoms with Gasteiger partial charge < -0.3 is 5.73 Å². The van der Waals surface area contributed by atoms with Crippen LogP contribution in [0.1, 0.15) is 11.1 Å². The molecular formula is C14H13Cl2NS. The highest BCUT2D eigenvalue weighted by atomic mass is 35.5. The molecule has 0 radical (unpaired) electrons. The fraction of sp³-hybridized carbons (Fsp3) is 0.143. The molecule has 1 nitrogen and oxygen atoms in total. The molecule has 0 atom stereocenters. The molecule has 18 heavy (non-hydrogen) atoms. The summed E-state index contributed by atoms with van der Waals surface area (Å²) in [6, 6.07) is 13.5. The molecule has 0 heterocycles. The van der Waals surface area contributed by atoms with Crippen LogP contribution in [-0.4, -0.2) is 0 Å². The number of thioether (sulfide) groups is 1. The van der Waals surface area contributed by atoms with Crippen molar-refractivity contribution < 1.29 is 0 Å². The minimum Gasteiger partial charge on any atom is -0.399 e. The maximum Gasteiger partial charge on any atom is 0.0461 e. The van der Waals surface area contributed by atoms with Crippen LogP contribution in [0.25, 0.3) is 0 Å². The van der Waals surface area contributed by atoms with E-state index in [2.05, 4.69) is 0 Å². The molecule has 2 aromatic rings. The summed E-state index contributed by atoms with van der Waals surface area (Å²) >= 11 is 14.0. The summed E-state index contributed by atoms with van der Waals surface area (Å²) in [4.78, 5) is 0. The molecule has 0 saturated heterocycles. The molecule has 94 valence electrons. The number of hydrogen-bond donors (Lipinski definition) is 1. The molecule has 2 rings (SSSR count). The van der Waals surface area contributed by atoms with Crippen LogP contribution in [-0.2, 0) is 11.5 Å². The van der Waals surface area contributed by atoms with E-state index in [1.807, 2.05) is 42.5 Å². The van der Waals surface area contributed by atoms with Crippen molar-refractivity contribution in [3.05, 3.63) is 63.6 Å². The lowest BCUT2D eigenvalue weighted by atomic mass is 10.2. The lowest BCUT2D eigenvalue weighted by molar-refractivity contribution is 1.36. The van der Waals surface area contributed by atoms with Gasteiger partial charge in [-0.3, -0.25) is 0 Å². The fourth-order valence-corrected chi connectivity index (χ4v) is 3.29. The van der Waals surface area contributed by atoms with Gasteiger partial charge in [0.2, 0.25) is 0 Å². The summed E-state index contributed by atoms with van der Waals surface area (Å²) in [6.07, 6.45) is 0. The summed E-state index contributed by atoms with van der Waals surface area (Å²) in [5, 5.41) is 1.46. The molecule has 4 heteroatoms. The zero-order chi connectivity index (χ0) is 13.0. The molecule has 0 fully saturated rings. The van der Waals surface area contributed by atoms with E-state index in [9.17, 15) is 0 Å². The van der Waals surface area contributed by atoms with Crippen LogP contribution in [0.3, 0.4) is 0 Å². The van der Waals surface area contributed by atoms with Gasteiger partial charge in [-0.05, 0) is 35.4 Å². The van der Waals surface area contributed by atoms with Gasteiger partial charge in [-0.1, -0.05) is 41.4 Å². The highest BCUT2D eigenvalue weighted by molar-refractivity contribution is 7.97. The van der Waals surface area contributed by atoms with Crippen LogP contribution >= 0.6 is 35.0 Å². The molecule has 0 aliphatic carbocycles. The smallest absolute Gasteiger partial charge is 0.0461 e. The van der Waals surface area contributed by atoms with Crippen molar-refractivity contribution >= 4 is 40.7 Å². The molecule has 0 spiro atoms. The molecule has 0 bridgehead atoms. The van der Waals surface area contributed by atoms with Crippen molar-refractivity contribution in [3.8, 4) is 0 Å².